The molecule has 0 aromatic carbocycles. The van der Waals surface area contributed by atoms with Gasteiger partial charge in [-0.25, -0.2) is 4.79 Å². The van der Waals surface area contributed by atoms with Crippen LogP contribution in [0.2, 0.25) is 0 Å². The zero-order valence-corrected chi connectivity index (χ0v) is 25.3. The normalized spacial score (nSPS) is 38.6. The number of esters is 1. The lowest BCUT2D eigenvalue weighted by molar-refractivity contribution is -0.105. The Morgan fingerprint density at radius 1 is 1.08 bits per heavy atom. The van der Waals surface area contributed by atoms with Crippen LogP contribution >= 0.6 is 0 Å². The van der Waals surface area contributed by atoms with Crippen molar-refractivity contribution in [1.82, 2.24) is 5.16 Å². The Labute approximate surface area is 231 Å². The summed E-state index contributed by atoms with van der Waals surface area (Å²) in [7, 11) is 0. The molecule has 1 aromatic rings. The van der Waals surface area contributed by atoms with Gasteiger partial charge in [0.1, 0.15) is 6.10 Å². The average Bonchev–Trinajstić information content (AvgIpc) is 3.47. The predicted molar refractivity (Wildman–Crippen MR) is 153 cm³/mol. The molecule has 0 bridgehead atoms. The van der Waals surface area contributed by atoms with Gasteiger partial charge in [0.2, 0.25) is 5.76 Å². The minimum atomic E-state index is -0.378. The van der Waals surface area contributed by atoms with E-state index in [2.05, 4.69) is 66.6 Å². The van der Waals surface area contributed by atoms with Gasteiger partial charge in [-0.1, -0.05) is 69.5 Å². The summed E-state index contributed by atoms with van der Waals surface area (Å²) in [5.74, 6) is 1.94. The molecule has 1 aromatic heterocycles. The summed E-state index contributed by atoms with van der Waals surface area (Å²) in [5.41, 5.74) is 5.91. The van der Waals surface area contributed by atoms with Gasteiger partial charge in [0.05, 0.1) is 6.20 Å². The fourth-order valence-corrected chi connectivity index (χ4v) is 10.2. The van der Waals surface area contributed by atoms with Crippen LogP contribution in [0.5, 0.6) is 0 Å². The van der Waals surface area contributed by atoms with Gasteiger partial charge in [-0.05, 0) is 112 Å². The SMILES string of the molecule is CC(C)=CCC[C@@H](C)[C@H]1CC[C@@]2(C)C3=C(CC[C@]12C)[C@@]1(C)CC[C@H](OC(=O)c2ccno2)C(C)(C)C1CC3. The Hall–Kier alpha value is -1.84. The number of ether oxygens (including phenoxy) is 1. The van der Waals surface area contributed by atoms with Gasteiger partial charge in [0.15, 0.2) is 0 Å². The smallest absolute Gasteiger partial charge is 0.377 e. The molecule has 0 spiro atoms. The van der Waals surface area contributed by atoms with Crippen molar-refractivity contribution in [3.05, 3.63) is 40.8 Å². The molecule has 5 rings (SSSR count). The van der Waals surface area contributed by atoms with Crippen LogP contribution in [0.4, 0.5) is 0 Å². The minimum Gasteiger partial charge on any atom is -0.456 e. The molecule has 4 nitrogen and oxygen atoms in total. The number of carbonyl (C=O) groups is 1. The first-order chi connectivity index (χ1) is 17.8. The van der Waals surface area contributed by atoms with E-state index >= 15 is 0 Å². The van der Waals surface area contributed by atoms with Crippen LogP contribution in [-0.4, -0.2) is 17.2 Å². The highest BCUT2D eigenvalue weighted by atomic mass is 16.6. The molecule has 2 saturated carbocycles. The van der Waals surface area contributed by atoms with Gasteiger partial charge in [0, 0.05) is 11.5 Å². The molecular formula is C34H51NO3. The topological polar surface area (TPSA) is 52.3 Å². The molecule has 4 heteroatoms. The summed E-state index contributed by atoms with van der Waals surface area (Å²) in [4.78, 5) is 12.7. The Bertz CT molecular complexity index is 1110. The van der Waals surface area contributed by atoms with Crippen molar-refractivity contribution in [1.29, 1.82) is 0 Å². The lowest BCUT2D eigenvalue weighted by atomic mass is 9.43. The molecule has 38 heavy (non-hydrogen) atoms. The van der Waals surface area contributed by atoms with Crippen LogP contribution in [0.1, 0.15) is 130 Å². The quantitative estimate of drug-likeness (QED) is 0.276. The van der Waals surface area contributed by atoms with Crippen molar-refractivity contribution in [3.63, 3.8) is 0 Å². The summed E-state index contributed by atoms with van der Waals surface area (Å²) in [6.45, 7) is 19.5. The maximum absolute atomic E-state index is 12.7. The molecule has 4 aliphatic rings. The molecule has 7 atom stereocenters. The second-order valence-electron chi connectivity index (χ2n) is 14.8. The van der Waals surface area contributed by atoms with Crippen molar-refractivity contribution in [2.24, 2.45) is 39.4 Å². The number of rotatable bonds is 6. The van der Waals surface area contributed by atoms with Crippen LogP contribution < -0.4 is 0 Å². The number of hydrogen-bond donors (Lipinski definition) is 0. The van der Waals surface area contributed by atoms with Crippen LogP contribution in [0.15, 0.2) is 39.6 Å². The van der Waals surface area contributed by atoms with E-state index in [1.165, 1.54) is 63.1 Å². The highest BCUT2D eigenvalue weighted by Crippen LogP contribution is 2.72. The predicted octanol–water partition coefficient (Wildman–Crippen LogP) is 9.33. The lowest BCUT2D eigenvalue weighted by Crippen LogP contribution is -2.55. The van der Waals surface area contributed by atoms with Crippen molar-refractivity contribution < 1.29 is 14.1 Å². The summed E-state index contributed by atoms with van der Waals surface area (Å²) in [6.07, 6.45) is 16.1. The molecule has 0 saturated heterocycles. The maximum atomic E-state index is 12.7. The van der Waals surface area contributed by atoms with Crippen LogP contribution in [0.3, 0.4) is 0 Å². The molecule has 0 radical (unpaired) electrons. The standard InChI is InChI=1S/C34H51NO3/c1-22(2)10-9-11-23(3)24-14-19-34(8)26-12-13-28-31(4,5)29(37-30(36)27-17-21-35-38-27)16-18-32(28,6)25(26)15-20-33(24,34)7/h10,17,21,23-24,28-29H,9,11-16,18-20H2,1-8H3/t23-,24-,28?,29+,32-,33-,34+/m1/s1. The van der Waals surface area contributed by atoms with Crippen LogP contribution in [-0.2, 0) is 4.74 Å². The Morgan fingerprint density at radius 2 is 1.84 bits per heavy atom. The van der Waals surface area contributed by atoms with Gasteiger partial charge >= 0.3 is 5.97 Å². The minimum absolute atomic E-state index is 0.0828. The molecule has 1 unspecified atom stereocenters. The fourth-order valence-electron chi connectivity index (χ4n) is 10.2. The van der Waals surface area contributed by atoms with E-state index in [-0.39, 0.29) is 28.7 Å². The Kier molecular flexibility index (Phi) is 7.05. The van der Waals surface area contributed by atoms with Crippen molar-refractivity contribution >= 4 is 5.97 Å². The van der Waals surface area contributed by atoms with E-state index in [4.69, 9.17) is 9.26 Å². The zero-order chi connectivity index (χ0) is 27.5. The number of allylic oxidation sites excluding steroid dienone is 4. The monoisotopic (exact) mass is 521 g/mol. The number of carbonyl (C=O) groups excluding carboxylic acids is 1. The molecule has 1 heterocycles. The van der Waals surface area contributed by atoms with Gasteiger partial charge in [-0.2, -0.15) is 0 Å². The first-order valence-electron chi connectivity index (χ1n) is 15.3. The lowest BCUT2D eigenvalue weighted by Gasteiger charge is -2.62. The molecule has 0 amide bonds. The zero-order valence-electron chi connectivity index (χ0n) is 25.3. The Morgan fingerprint density at radius 3 is 2.53 bits per heavy atom. The summed E-state index contributed by atoms with van der Waals surface area (Å²) < 4.78 is 11.2. The van der Waals surface area contributed by atoms with E-state index in [9.17, 15) is 4.79 Å². The number of aromatic nitrogens is 1. The van der Waals surface area contributed by atoms with Gasteiger partial charge in [0.25, 0.3) is 0 Å². The fraction of sp³-hybridized carbons (Fsp3) is 0.765. The molecule has 2 fully saturated rings. The second-order valence-corrected chi connectivity index (χ2v) is 14.8. The highest BCUT2D eigenvalue weighted by Gasteiger charge is 2.63. The highest BCUT2D eigenvalue weighted by molar-refractivity contribution is 5.86. The number of nitrogens with zero attached hydrogens (tertiary/aromatic N) is 1. The first-order valence-corrected chi connectivity index (χ1v) is 15.3. The number of hydrogen-bond acceptors (Lipinski definition) is 4. The summed E-state index contributed by atoms with van der Waals surface area (Å²) in [5, 5.41) is 3.69. The van der Waals surface area contributed by atoms with E-state index in [0.717, 1.165) is 24.7 Å². The van der Waals surface area contributed by atoms with E-state index < -0.39 is 0 Å². The largest absolute Gasteiger partial charge is 0.456 e. The van der Waals surface area contributed by atoms with Crippen molar-refractivity contribution in [2.45, 2.75) is 126 Å². The van der Waals surface area contributed by atoms with E-state index in [1.54, 1.807) is 11.6 Å². The van der Waals surface area contributed by atoms with Gasteiger partial charge in [-0.3, -0.25) is 0 Å². The summed E-state index contributed by atoms with van der Waals surface area (Å²) in [6, 6.07) is 1.59. The third-order valence-corrected chi connectivity index (χ3v) is 12.5. The molecule has 4 aliphatic carbocycles. The van der Waals surface area contributed by atoms with Crippen molar-refractivity contribution in [2.75, 3.05) is 0 Å². The maximum Gasteiger partial charge on any atom is 0.377 e. The number of fused-ring (bicyclic) bond motifs is 4. The van der Waals surface area contributed by atoms with E-state index in [1.807, 2.05) is 5.57 Å². The molecule has 210 valence electrons. The third kappa shape index (κ3) is 4.15. The third-order valence-electron chi connectivity index (χ3n) is 12.5. The molecular weight excluding hydrogens is 470 g/mol. The second kappa shape index (κ2) is 9.66. The van der Waals surface area contributed by atoms with Crippen LogP contribution in [0.25, 0.3) is 0 Å². The van der Waals surface area contributed by atoms with Gasteiger partial charge < -0.3 is 9.26 Å². The average molecular weight is 522 g/mol. The van der Waals surface area contributed by atoms with Crippen LogP contribution in [0, 0.1) is 39.4 Å². The van der Waals surface area contributed by atoms with Crippen molar-refractivity contribution in [3.8, 4) is 0 Å². The first kappa shape index (κ1) is 27.7. The molecule has 0 aliphatic heterocycles. The molecule has 0 N–H and O–H groups in total. The van der Waals surface area contributed by atoms with E-state index in [0.29, 0.717) is 16.7 Å². The Balaban J connectivity index is 1.39. The van der Waals surface area contributed by atoms with Gasteiger partial charge in [-0.15, -0.1) is 0 Å². The summed E-state index contributed by atoms with van der Waals surface area (Å²) >= 11 is 0.